The number of amides is 1. The summed E-state index contributed by atoms with van der Waals surface area (Å²) in [6, 6.07) is 13.5. The lowest BCUT2D eigenvalue weighted by Crippen LogP contribution is -2.39. The minimum Gasteiger partial charge on any atom is -0.481 e. The summed E-state index contributed by atoms with van der Waals surface area (Å²) >= 11 is 0. The van der Waals surface area contributed by atoms with Crippen LogP contribution in [0.25, 0.3) is 0 Å². The molecule has 0 saturated carbocycles. The summed E-state index contributed by atoms with van der Waals surface area (Å²) in [7, 11) is 0. The van der Waals surface area contributed by atoms with Gasteiger partial charge in [-0.05, 0) is 35.6 Å². The lowest BCUT2D eigenvalue weighted by Gasteiger charge is -2.21. The molecule has 3 rings (SSSR count). The number of carboxylic acid groups (broad SMARTS) is 1. The van der Waals surface area contributed by atoms with Gasteiger partial charge in [0.15, 0.2) is 0 Å². The number of benzene rings is 1. The molecular formula is C21H26N4O3. The van der Waals surface area contributed by atoms with E-state index in [-0.39, 0.29) is 24.8 Å². The number of nitrogens with zero attached hydrogens (tertiary/aromatic N) is 2. The van der Waals surface area contributed by atoms with Crippen molar-refractivity contribution in [3.63, 3.8) is 0 Å². The van der Waals surface area contributed by atoms with E-state index in [0.717, 1.165) is 16.9 Å². The maximum absolute atomic E-state index is 12.6. The Kier molecular flexibility index (Phi) is 6.97. The molecule has 1 amide bonds. The molecule has 1 unspecified atom stereocenters. The molecule has 28 heavy (non-hydrogen) atoms. The number of aliphatic carboxylic acids is 1. The van der Waals surface area contributed by atoms with Crippen molar-refractivity contribution in [2.45, 2.75) is 25.3 Å². The first-order valence-electron chi connectivity index (χ1n) is 9.56. The highest BCUT2D eigenvalue weighted by Gasteiger charge is 2.26. The van der Waals surface area contributed by atoms with E-state index in [4.69, 9.17) is 0 Å². The normalized spacial score (nSPS) is 16.1. The van der Waals surface area contributed by atoms with Gasteiger partial charge in [-0.1, -0.05) is 30.3 Å². The van der Waals surface area contributed by atoms with Gasteiger partial charge in [0.1, 0.15) is 5.82 Å². The average Bonchev–Trinajstić information content (AvgIpc) is 2.88. The SMILES string of the molecule is O=C(O)CC1CCN(C(=O)CNCCNc2ccccn2)Cc2ccccc21. The van der Waals surface area contributed by atoms with Gasteiger partial charge < -0.3 is 20.6 Å². The van der Waals surface area contributed by atoms with Crippen LogP contribution in [0.4, 0.5) is 5.82 Å². The predicted octanol–water partition coefficient (Wildman–Crippen LogP) is 2.07. The molecule has 1 aliphatic heterocycles. The molecule has 1 aromatic heterocycles. The minimum atomic E-state index is -0.804. The van der Waals surface area contributed by atoms with Crippen molar-refractivity contribution < 1.29 is 14.7 Å². The first kappa shape index (κ1) is 19.8. The number of carbonyl (C=O) groups is 2. The summed E-state index contributed by atoms with van der Waals surface area (Å²) < 4.78 is 0. The van der Waals surface area contributed by atoms with E-state index in [1.54, 1.807) is 6.20 Å². The molecule has 0 aliphatic carbocycles. The maximum Gasteiger partial charge on any atom is 0.303 e. The van der Waals surface area contributed by atoms with E-state index in [2.05, 4.69) is 15.6 Å². The van der Waals surface area contributed by atoms with Crippen molar-refractivity contribution in [2.24, 2.45) is 0 Å². The van der Waals surface area contributed by atoms with Gasteiger partial charge in [-0.15, -0.1) is 0 Å². The molecule has 3 N–H and O–H groups in total. The average molecular weight is 382 g/mol. The lowest BCUT2D eigenvalue weighted by molar-refractivity contribution is -0.137. The van der Waals surface area contributed by atoms with Gasteiger partial charge in [0.25, 0.3) is 0 Å². The number of nitrogens with one attached hydrogen (secondary N) is 2. The minimum absolute atomic E-state index is 0.0311. The first-order chi connectivity index (χ1) is 13.6. The number of hydrogen-bond donors (Lipinski definition) is 3. The Hall–Kier alpha value is -2.93. The molecule has 1 aromatic carbocycles. The molecule has 0 spiro atoms. The molecule has 148 valence electrons. The molecule has 0 bridgehead atoms. The summed E-state index contributed by atoms with van der Waals surface area (Å²) in [5.74, 6) is -0.0171. The van der Waals surface area contributed by atoms with Crippen molar-refractivity contribution in [3.05, 3.63) is 59.8 Å². The number of hydrogen-bond acceptors (Lipinski definition) is 5. The van der Waals surface area contributed by atoms with E-state index in [9.17, 15) is 14.7 Å². The molecule has 2 heterocycles. The van der Waals surface area contributed by atoms with Crippen LogP contribution in [0.3, 0.4) is 0 Å². The van der Waals surface area contributed by atoms with Gasteiger partial charge in [0.2, 0.25) is 5.91 Å². The molecule has 1 atom stereocenters. The van der Waals surface area contributed by atoms with Crippen molar-refractivity contribution in [1.82, 2.24) is 15.2 Å². The molecule has 7 heteroatoms. The Morgan fingerprint density at radius 2 is 1.96 bits per heavy atom. The Balaban J connectivity index is 1.50. The fraction of sp³-hybridized carbons (Fsp3) is 0.381. The number of anilines is 1. The molecule has 0 radical (unpaired) electrons. The predicted molar refractivity (Wildman–Crippen MR) is 107 cm³/mol. The monoisotopic (exact) mass is 382 g/mol. The fourth-order valence-corrected chi connectivity index (χ4v) is 3.52. The number of carboxylic acids is 1. The van der Waals surface area contributed by atoms with E-state index in [1.165, 1.54) is 0 Å². The molecule has 0 saturated heterocycles. The van der Waals surface area contributed by atoms with Crippen LogP contribution in [0, 0.1) is 0 Å². The molecule has 2 aromatic rings. The second-order valence-electron chi connectivity index (χ2n) is 6.92. The number of rotatable bonds is 8. The van der Waals surface area contributed by atoms with Gasteiger partial charge in [-0.2, -0.15) is 0 Å². The lowest BCUT2D eigenvalue weighted by atomic mass is 9.90. The van der Waals surface area contributed by atoms with Crippen LogP contribution >= 0.6 is 0 Å². The van der Waals surface area contributed by atoms with Crippen molar-refractivity contribution in [2.75, 3.05) is 31.5 Å². The summed E-state index contributed by atoms with van der Waals surface area (Å²) in [6.07, 6.45) is 2.49. The highest BCUT2D eigenvalue weighted by molar-refractivity contribution is 5.78. The largest absolute Gasteiger partial charge is 0.481 e. The number of fused-ring (bicyclic) bond motifs is 1. The van der Waals surface area contributed by atoms with Crippen LogP contribution in [0.5, 0.6) is 0 Å². The van der Waals surface area contributed by atoms with E-state index >= 15 is 0 Å². The summed E-state index contributed by atoms with van der Waals surface area (Å²) in [4.78, 5) is 29.9. The standard InChI is InChI=1S/C21H26N4O3/c26-20(14-22-10-11-24-19-7-3-4-9-23-19)25-12-8-16(13-21(27)28)18-6-2-1-5-17(18)15-25/h1-7,9,16,22H,8,10-15H2,(H,23,24)(H,27,28). The molecule has 7 nitrogen and oxygen atoms in total. The van der Waals surface area contributed by atoms with Crippen molar-refractivity contribution >= 4 is 17.7 Å². The number of aromatic nitrogens is 1. The fourth-order valence-electron chi connectivity index (χ4n) is 3.52. The quantitative estimate of drug-likeness (QED) is 0.605. The second kappa shape index (κ2) is 9.85. The van der Waals surface area contributed by atoms with Crippen LogP contribution < -0.4 is 10.6 Å². The highest BCUT2D eigenvalue weighted by atomic mass is 16.4. The number of carbonyl (C=O) groups excluding carboxylic acids is 1. The van der Waals surface area contributed by atoms with Crippen LogP contribution in [-0.2, 0) is 16.1 Å². The smallest absolute Gasteiger partial charge is 0.303 e. The Bertz CT molecular complexity index is 797. The van der Waals surface area contributed by atoms with Crippen LogP contribution in [0.1, 0.15) is 29.9 Å². The van der Waals surface area contributed by atoms with Gasteiger partial charge in [0, 0.05) is 32.4 Å². The van der Waals surface area contributed by atoms with Crippen LogP contribution in [0.15, 0.2) is 48.7 Å². The topological polar surface area (TPSA) is 94.6 Å². The zero-order chi connectivity index (χ0) is 19.8. The number of pyridine rings is 1. The van der Waals surface area contributed by atoms with Crippen molar-refractivity contribution in [3.8, 4) is 0 Å². The Labute approximate surface area is 164 Å². The summed E-state index contributed by atoms with van der Waals surface area (Å²) in [5.41, 5.74) is 2.09. The summed E-state index contributed by atoms with van der Waals surface area (Å²) in [5, 5.41) is 15.6. The Morgan fingerprint density at radius 1 is 1.14 bits per heavy atom. The van der Waals surface area contributed by atoms with Crippen LogP contribution in [-0.4, -0.2) is 53.0 Å². The van der Waals surface area contributed by atoms with Gasteiger partial charge >= 0.3 is 5.97 Å². The molecule has 1 aliphatic rings. The van der Waals surface area contributed by atoms with Crippen molar-refractivity contribution in [1.29, 1.82) is 0 Å². The third-order valence-electron chi connectivity index (χ3n) is 4.93. The van der Waals surface area contributed by atoms with Gasteiger partial charge in [-0.3, -0.25) is 9.59 Å². The summed E-state index contributed by atoms with van der Waals surface area (Å²) in [6.45, 7) is 2.68. The molecule has 0 fully saturated rings. The van der Waals surface area contributed by atoms with Crippen LogP contribution in [0.2, 0.25) is 0 Å². The zero-order valence-corrected chi connectivity index (χ0v) is 15.8. The zero-order valence-electron chi connectivity index (χ0n) is 15.8. The van der Waals surface area contributed by atoms with E-state index < -0.39 is 5.97 Å². The van der Waals surface area contributed by atoms with E-state index in [0.29, 0.717) is 32.6 Å². The van der Waals surface area contributed by atoms with Gasteiger partial charge in [0.05, 0.1) is 13.0 Å². The Morgan fingerprint density at radius 3 is 2.75 bits per heavy atom. The maximum atomic E-state index is 12.6. The third-order valence-corrected chi connectivity index (χ3v) is 4.93. The third kappa shape index (κ3) is 5.53. The second-order valence-corrected chi connectivity index (χ2v) is 6.92. The van der Waals surface area contributed by atoms with E-state index in [1.807, 2.05) is 47.4 Å². The van der Waals surface area contributed by atoms with Gasteiger partial charge in [-0.25, -0.2) is 4.98 Å². The first-order valence-corrected chi connectivity index (χ1v) is 9.56. The highest BCUT2D eigenvalue weighted by Crippen LogP contribution is 2.31. The molecular weight excluding hydrogens is 356 g/mol.